The van der Waals surface area contributed by atoms with Crippen LogP contribution in [0.25, 0.3) is 0 Å². The second-order valence-corrected chi connectivity index (χ2v) is 29.7. The Labute approximate surface area is 626 Å². The van der Waals surface area contributed by atoms with E-state index in [2.05, 4.69) is 154 Å². The lowest BCUT2D eigenvalue weighted by atomic mass is 10.0. The van der Waals surface area contributed by atoms with E-state index in [4.69, 9.17) is 32.3 Å². The summed E-state index contributed by atoms with van der Waals surface area (Å²) in [4.78, 5) is 58.7. The Hall–Kier alpha value is -4.31. The number of hydrogen-bond acceptors (Lipinski definition) is 14. The first-order valence-corrected chi connectivity index (χ1v) is 43.5. The number of aliphatic hydroxyl groups is 2. The van der Waals surface area contributed by atoms with Gasteiger partial charge in [-0.25, -0.2) is 9.13 Å². The molecule has 0 saturated carbocycles. The SMILES string of the molecule is CC/C=C\C/C=C\C/C=C\CCCCCCCC(=O)OC(COC(=O)CCCCCCCCCCC/C=C\C/C=C\C/C=C\C/C=C\CCCCC)COP(=O)(O)OCC(O)COP(=O)(O)OCC(O)COC(=O)CCCCCCCCCCCCC/C=C\C/C=C\C/C=C\C/C=C\CCCCC. The summed E-state index contributed by atoms with van der Waals surface area (Å²) in [6.45, 7) is 2.50. The first-order valence-electron chi connectivity index (χ1n) is 40.5. The third kappa shape index (κ3) is 78.6. The molecule has 0 spiro atoms. The average molecular weight is 1490 g/mol. The number of hydrogen-bond donors (Lipinski definition) is 4. The molecule has 592 valence electrons. The van der Waals surface area contributed by atoms with Gasteiger partial charge < -0.3 is 34.2 Å². The molecular formula is C85H146O16P2. The number of rotatable bonds is 76. The number of aliphatic hydroxyl groups excluding tert-OH is 2. The van der Waals surface area contributed by atoms with Gasteiger partial charge >= 0.3 is 33.6 Å². The molecule has 16 nitrogen and oxygen atoms in total. The third-order valence-electron chi connectivity index (χ3n) is 16.8. The maximum atomic E-state index is 13.0. The highest BCUT2D eigenvalue weighted by Crippen LogP contribution is 2.45. The molecule has 0 aliphatic heterocycles. The molecule has 4 N–H and O–H groups in total. The molecule has 5 atom stereocenters. The second kappa shape index (κ2) is 77.3. The van der Waals surface area contributed by atoms with Gasteiger partial charge in [0.2, 0.25) is 0 Å². The van der Waals surface area contributed by atoms with Crippen molar-refractivity contribution >= 4 is 33.6 Å². The molecule has 0 aromatic heterocycles. The van der Waals surface area contributed by atoms with Crippen LogP contribution in [0.1, 0.15) is 329 Å². The minimum atomic E-state index is -4.94. The lowest BCUT2D eigenvalue weighted by molar-refractivity contribution is -0.161. The highest BCUT2D eigenvalue weighted by molar-refractivity contribution is 7.47. The molecule has 5 unspecified atom stereocenters. The van der Waals surface area contributed by atoms with E-state index >= 15 is 0 Å². The van der Waals surface area contributed by atoms with Crippen molar-refractivity contribution in [3.8, 4) is 0 Å². The Morgan fingerprint density at radius 2 is 0.515 bits per heavy atom. The zero-order chi connectivity index (χ0) is 75.2. The molecule has 0 aromatic rings. The molecule has 0 radical (unpaired) electrons. The van der Waals surface area contributed by atoms with Crippen molar-refractivity contribution in [3.05, 3.63) is 134 Å². The number of ether oxygens (including phenoxy) is 3. The summed E-state index contributed by atoms with van der Waals surface area (Å²) < 4.78 is 61.2. The zero-order valence-electron chi connectivity index (χ0n) is 64.7. The topological polar surface area (TPSA) is 231 Å². The van der Waals surface area contributed by atoms with Crippen LogP contribution in [0, 0.1) is 0 Å². The molecule has 0 aromatic carbocycles. The monoisotopic (exact) mass is 1490 g/mol. The van der Waals surface area contributed by atoms with E-state index in [0.717, 1.165) is 148 Å². The van der Waals surface area contributed by atoms with Crippen molar-refractivity contribution in [1.29, 1.82) is 0 Å². The lowest BCUT2D eigenvalue weighted by Crippen LogP contribution is -2.30. The second-order valence-electron chi connectivity index (χ2n) is 26.8. The van der Waals surface area contributed by atoms with Crippen molar-refractivity contribution in [2.24, 2.45) is 0 Å². The van der Waals surface area contributed by atoms with E-state index in [-0.39, 0.29) is 19.3 Å². The average Bonchev–Trinajstić information content (AvgIpc) is 0.938. The lowest BCUT2D eigenvalue weighted by Gasteiger charge is -2.21. The fourth-order valence-electron chi connectivity index (χ4n) is 10.7. The maximum Gasteiger partial charge on any atom is 0.472 e. The number of carbonyl (C=O) groups is 3. The van der Waals surface area contributed by atoms with Gasteiger partial charge in [0, 0.05) is 19.3 Å². The van der Waals surface area contributed by atoms with Crippen LogP contribution in [0.4, 0.5) is 0 Å². The molecule has 0 rings (SSSR count). The highest BCUT2D eigenvalue weighted by atomic mass is 31.2. The number of carbonyl (C=O) groups excluding carboxylic acids is 3. The van der Waals surface area contributed by atoms with Crippen LogP contribution < -0.4 is 0 Å². The van der Waals surface area contributed by atoms with Crippen LogP contribution in [0.15, 0.2) is 134 Å². The fraction of sp³-hybridized carbons (Fsp3) is 0.706. The normalized spacial score (nSPS) is 14.7. The summed E-state index contributed by atoms with van der Waals surface area (Å²) >= 11 is 0. The smallest absolute Gasteiger partial charge is 0.463 e. The van der Waals surface area contributed by atoms with Crippen LogP contribution in [-0.4, -0.2) is 95.9 Å². The van der Waals surface area contributed by atoms with Crippen molar-refractivity contribution in [2.45, 2.75) is 347 Å². The van der Waals surface area contributed by atoms with E-state index in [1.165, 1.54) is 122 Å². The van der Waals surface area contributed by atoms with Crippen LogP contribution in [0.3, 0.4) is 0 Å². The van der Waals surface area contributed by atoms with Crippen LogP contribution in [0.5, 0.6) is 0 Å². The van der Waals surface area contributed by atoms with Gasteiger partial charge in [-0.1, -0.05) is 302 Å². The minimum absolute atomic E-state index is 0.0808. The molecule has 0 fully saturated rings. The third-order valence-corrected chi connectivity index (χ3v) is 18.7. The Balaban J connectivity index is 4.58. The predicted octanol–water partition coefficient (Wildman–Crippen LogP) is 23.9. The van der Waals surface area contributed by atoms with Gasteiger partial charge in [-0.15, -0.1) is 0 Å². The molecule has 18 heteroatoms. The van der Waals surface area contributed by atoms with Gasteiger partial charge in [0.1, 0.15) is 25.4 Å². The summed E-state index contributed by atoms with van der Waals surface area (Å²) in [5.74, 6) is -1.60. The van der Waals surface area contributed by atoms with Gasteiger partial charge in [-0.05, 0) is 141 Å². The minimum Gasteiger partial charge on any atom is -0.463 e. The molecule has 103 heavy (non-hydrogen) atoms. The van der Waals surface area contributed by atoms with Crippen molar-refractivity contribution < 1.29 is 75.8 Å². The Kier molecular flexibility index (Phi) is 74.1. The maximum absolute atomic E-state index is 13.0. The van der Waals surface area contributed by atoms with Crippen LogP contribution in [-0.2, 0) is 55.8 Å². The number of unbranched alkanes of at least 4 members (excludes halogenated alkanes) is 31. The van der Waals surface area contributed by atoms with Crippen LogP contribution >= 0.6 is 15.6 Å². The summed E-state index contributed by atoms with van der Waals surface area (Å²) in [5.41, 5.74) is 0. The van der Waals surface area contributed by atoms with E-state index in [1.54, 1.807) is 0 Å². The summed E-state index contributed by atoms with van der Waals surface area (Å²) in [5, 5.41) is 20.6. The van der Waals surface area contributed by atoms with Gasteiger partial charge in [0.25, 0.3) is 0 Å². The largest absolute Gasteiger partial charge is 0.472 e. The number of phosphoric acid groups is 2. The zero-order valence-corrected chi connectivity index (χ0v) is 66.5. The van der Waals surface area contributed by atoms with Crippen molar-refractivity contribution in [1.82, 2.24) is 0 Å². The standard InChI is InChI=1S/C85H146O16P2/c1-4-7-10-13-16-19-22-25-28-30-32-34-36-38-39-41-43-44-46-48-51-53-56-59-62-65-68-71-83(88)95-74-80(86)75-97-102(91,92)98-76-81(87)77-99-103(93,94)100-79-82(101-85(90)73-70-67-64-61-58-55-50-27-24-21-18-15-12-9-6-3)78-96-84(89)72-69-66-63-60-57-54-52-49-47-45-42-40-37-35-33-31-29-26-23-20-17-14-11-8-5-2/h9,12,16-21,25-29,32-35,38-40,42,50,80-82,86-87H,4-8,10-11,13-15,22-24,30-31,36-37,41,43-49,51-79H2,1-3H3,(H,91,92)(H,93,94)/b12-9-,19-16-,20-17-,21-18-,28-25-,29-26-,34-32-,35-33-,39-38-,42-40-,50-27-. The van der Waals surface area contributed by atoms with E-state index in [9.17, 15) is 43.5 Å². The number of phosphoric ester groups is 2. The van der Waals surface area contributed by atoms with Gasteiger partial charge in [-0.2, -0.15) is 0 Å². The summed E-state index contributed by atoms with van der Waals surface area (Å²) in [6.07, 6.45) is 93.5. The van der Waals surface area contributed by atoms with Gasteiger partial charge in [-0.3, -0.25) is 32.5 Å². The Morgan fingerprint density at radius 3 is 0.816 bits per heavy atom. The quantitative estimate of drug-likeness (QED) is 0.0146. The predicted molar refractivity (Wildman–Crippen MR) is 426 cm³/mol. The first kappa shape index (κ1) is 98.7. The molecule has 0 amide bonds. The Morgan fingerprint density at radius 1 is 0.282 bits per heavy atom. The van der Waals surface area contributed by atoms with Gasteiger partial charge in [0.15, 0.2) is 6.10 Å². The molecule has 0 aliphatic carbocycles. The summed E-state index contributed by atoms with van der Waals surface area (Å²) in [6, 6.07) is 0. The number of allylic oxidation sites excluding steroid dienone is 22. The highest BCUT2D eigenvalue weighted by Gasteiger charge is 2.29. The molecule has 0 bridgehead atoms. The molecule has 0 aliphatic rings. The fourth-order valence-corrected chi connectivity index (χ4v) is 12.3. The molecule has 0 saturated heterocycles. The van der Waals surface area contributed by atoms with E-state index < -0.39 is 91.5 Å². The summed E-state index contributed by atoms with van der Waals surface area (Å²) in [7, 11) is -9.80. The first-order chi connectivity index (χ1) is 50.2. The van der Waals surface area contributed by atoms with Gasteiger partial charge in [0.05, 0.1) is 26.4 Å². The van der Waals surface area contributed by atoms with E-state index in [0.29, 0.717) is 19.3 Å². The molecule has 0 heterocycles. The molecular weight excluding hydrogens is 1340 g/mol. The number of esters is 3. The Bertz CT molecular complexity index is 2410. The van der Waals surface area contributed by atoms with Crippen molar-refractivity contribution in [2.75, 3.05) is 39.6 Å². The van der Waals surface area contributed by atoms with Crippen LogP contribution in [0.2, 0.25) is 0 Å². The van der Waals surface area contributed by atoms with E-state index in [1.807, 2.05) is 0 Å². The van der Waals surface area contributed by atoms with Crippen molar-refractivity contribution in [3.63, 3.8) is 0 Å².